The number of rotatable bonds is 8. The minimum Gasteiger partial charge on any atom is -0.496 e. The molecule has 120 valence electrons. The van der Waals surface area contributed by atoms with Crippen molar-refractivity contribution in [2.75, 3.05) is 20.2 Å². The lowest BCUT2D eigenvalue weighted by atomic mass is 10.0. The molecule has 0 radical (unpaired) electrons. The van der Waals surface area contributed by atoms with Crippen LogP contribution >= 0.6 is 0 Å². The Hall–Kier alpha value is -1.06. The molecule has 0 aliphatic rings. The fourth-order valence-corrected chi connectivity index (χ4v) is 2.81. The second-order valence-corrected chi connectivity index (χ2v) is 6.35. The third-order valence-electron chi connectivity index (χ3n) is 4.00. The molecule has 0 aromatic heterocycles. The van der Waals surface area contributed by atoms with Crippen LogP contribution in [-0.4, -0.2) is 37.2 Å². The number of hydrogen-bond donors (Lipinski definition) is 1. The van der Waals surface area contributed by atoms with E-state index in [0.29, 0.717) is 18.1 Å². The first-order valence-electron chi connectivity index (χ1n) is 8.00. The third-order valence-corrected chi connectivity index (χ3v) is 4.00. The molecule has 0 saturated heterocycles. The first-order valence-corrected chi connectivity index (χ1v) is 8.00. The Balaban J connectivity index is 2.60. The standard InChI is InChI=1S/C18H32N2O/c1-13(2)20(14(3)4)11-10-19-16(6)17-9-8-15(5)12-18(17)21-7/h8-9,12-14,16,19H,10-11H2,1-7H3. The molecule has 0 heterocycles. The number of ether oxygens (including phenoxy) is 1. The van der Waals surface area contributed by atoms with Gasteiger partial charge in [0.25, 0.3) is 0 Å². The van der Waals surface area contributed by atoms with Gasteiger partial charge in [0.2, 0.25) is 0 Å². The van der Waals surface area contributed by atoms with Crippen LogP contribution in [0.25, 0.3) is 0 Å². The van der Waals surface area contributed by atoms with E-state index in [9.17, 15) is 0 Å². The summed E-state index contributed by atoms with van der Waals surface area (Å²) in [7, 11) is 1.74. The van der Waals surface area contributed by atoms with Gasteiger partial charge >= 0.3 is 0 Å². The quantitative estimate of drug-likeness (QED) is 0.789. The molecule has 1 aromatic rings. The van der Waals surface area contributed by atoms with E-state index >= 15 is 0 Å². The van der Waals surface area contributed by atoms with Crippen LogP contribution in [0.15, 0.2) is 18.2 Å². The molecule has 1 N–H and O–H groups in total. The van der Waals surface area contributed by atoms with Crippen molar-refractivity contribution in [3.8, 4) is 5.75 Å². The van der Waals surface area contributed by atoms with Crippen molar-refractivity contribution in [3.05, 3.63) is 29.3 Å². The molecule has 1 atom stereocenters. The zero-order valence-corrected chi connectivity index (χ0v) is 14.7. The summed E-state index contributed by atoms with van der Waals surface area (Å²) in [6.07, 6.45) is 0. The fourth-order valence-electron chi connectivity index (χ4n) is 2.81. The van der Waals surface area contributed by atoms with Gasteiger partial charge in [0.15, 0.2) is 0 Å². The Bertz CT molecular complexity index is 421. The third kappa shape index (κ3) is 5.33. The highest BCUT2D eigenvalue weighted by atomic mass is 16.5. The van der Waals surface area contributed by atoms with Crippen molar-refractivity contribution in [1.82, 2.24) is 10.2 Å². The van der Waals surface area contributed by atoms with Gasteiger partial charge in [0.1, 0.15) is 5.75 Å². The maximum Gasteiger partial charge on any atom is 0.123 e. The Morgan fingerprint density at radius 2 is 1.71 bits per heavy atom. The summed E-state index contributed by atoms with van der Waals surface area (Å²) < 4.78 is 5.50. The molecule has 0 saturated carbocycles. The highest BCUT2D eigenvalue weighted by molar-refractivity contribution is 5.39. The summed E-state index contributed by atoms with van der Waals surface area (Å²) in [5.41, 5.74) is 2.46. The molecule has 0 aliphatic carbocycles. The maximum absolute atomic E-state index is 5.50. The van der Waals surface area contributed by atoms with Crippen LogP contribution in [-0.2, 0) is 0 Å². The number of aryl methyl sites for hydroxylation is 1. The smallest absolute Gasteiger partial charge is 0.123 e. The summed E-state index contributed by atoms with van der Waals surface area (Å²) >= 11 is 0. The van der Waals surface area contributed by atoms with Crippen LogP contribution < -0.4 is 10.1 Å². The van der Waals surface area contributed by atoms with Gasteiger partial charge in [0, 0.05) is 36.8 Å². The van der Waals surface area contributed by atoms with Crippen molar-refractivity contribution in [3.63, 3.8) is 0 Å². The molecule has 3 nitrogen and oxygen atoms in total. The Labute approximate surface area is 130 Å². The van der Waals surface area contributed by atoms with Gasteiger partial charge in [-0.3, -0.25) is 4.90 Å². The molecule has 1 unspecified atom stereocenters. The van der Waals surface area contributed by atoms with Gasteiger partial charge in [-0.1, -0.05) is 12.1 Å². The predicted molar refractivity (Wildman–Crippen MR) is 91.1 cm³/mol. The minimum absolute atomic E-state index is 0.293. The van der Waals surface area contributed by atoms with Gasteiger partial charge < -0.3 is 10.1 Å². The summed E-state index contributed by atoms with van der Waals surface area (Å²) in [6.45, 7) is 15.4. The molecule has 0 aliphatic heterocycles. The van der Waals surface area contributed by atoms with Crippen LogP contribution in [0.4, 0.5) is 0 Å². The average molecular weight is 292 g/mol. The van der Waals surface area contributed by atoms with Crippen molar-refractivity contribution in [2.45, 2.75) is 59.7 Å². The lowest BCUT2D eigenvalue weighted by molar-refractivity contribution is 0.174. The summed E-state index contributed by atoms with van der Waals surface area (Å²) in [6, 6.07) is 7.86. The van der Waals surface area contributed by atoms with E-state index in [1.54, 1.807) is 7.11 Å². The zero-order valence-electron chi connectivity index (χ0n) is 14.7. The van der Waals surface area contributed by atoms with Crippen LogP contribution in [0.2, 0.25) is 0 Å². The molecule has 21 heavy (non-hydrogen) atoms. The van der Waals surface area contributed by atoms with Crippen molar-refractivity contribution in [2.24, 2.45) is 0 Å². The SMILES string of the molecule is COc1cc(C)ccc1C(C)NCCN(C(C)C)C(C)C. The summed E-state index contributed by atoms with van der Waals surface area (Å²) in [5.74, 6) is 0.972. The van der Waals surface area contributed by atoms with Crippen LogP contribution in [0, 0.1) is 6.92 Å². The van der Waals surface area contributed by atoms with Crippen molar-refractivity contribution < 1.29 is 4.74 Å². The number of benzene rings is 1. The molecule has 0 spiro atoms. The Kier molecular flexibility index (Phi) is 7.20. The Morgan fingerprint density at radius 3 is 2.24 bits per heavy atom. The highest BCUT2D eigenvalue weighted by Gasteiger charge is 2.15. The number of nitrogens with one attached hydrogen (secondary N) is 1. The van der Waals surface area contributed by atoms with Gasteiger partial charge in [-0.05, 0) is 53.2 Å². The number of hydrogen-bond acceptors (Lipinski definition) is 3. The predicted octanol–water partition coefficient (Wildman–Crippen LogP) is 3.77. The lowest BCUT2D eigenvalue weighted by Crippen LogP contribution is -2.41. The van der Waals surface area contributed by atoms with Gasteiger partial charge in [-0.25, -0.2) is 0 Å². The van der Waals surface area contributed by atoms with E-state index in [4.69, 9.17) is 4.74 Å². The van der Waals surface area contributed by atoms with Gasteiger partial charge in [-0.2, -0.15) is 0 Å². The van der Waals surface area contributed by atoms with Crippen molar-refractivity contribution >= 4 is 0 Å². The van der Waals surface area contributed by atoms with E-state index < -0.39 is 0 Å². The zero-order chi connectivity index (χ0) is 16.0. The molecule has 1 rings (SSSR count). The summed E-state index contributed by atoms with van der Waals surface area (Å²) in [4.78, 5) is 2.51. The molecule has 0 amide bonds. The normalized spacial score (nSPS) is 13.2. The van der Waals surface area contributed by atoms with E-state index in [2.05, 4.69) is 70.0 Å². The molecule has 3 heteroatoms. The van der Waals surface area contributed by atoms with E-state index in [1.807, 2.05) is 0 Å². The highest BCUT2D eigenvalue weighted by Crippen LogP contribution is 2.25. The topological polar surface area (TPSA) is 24.5 Å². The van der Waals surface area contributed by atoms with Crippen LogP contribution in [0.5, 0.6) is 5.75 Å². The minimum atomic E-state index is 0.293. The number of nitrogens with zero attached hydrogens (tertiary/aromatic N) is 1. The average Bonchev–Trinajstić information content (AvgIpc) is 2.42. The maximum atomic E-state index is 5.50. The van der Waals surface area contributed by atoms with E-state index in [0.717, 1.165) is 18.8 Å². The van der Waals surface area contributed by atoms with Crippen LogP contribution in [0.1, 0.15) is 51.8 Å². The lowest BCUT2D eigenvalue weighted by Gasteiger charge is -2.31. The summed E-state index contributed by atoms with van der Waals surface area (Å²) in [5, 5.41) is 3.61. The largest absolute Gasteiger partial charge is 0.496 e. The second-order valence-electron chi connectivity index (χ2n) is 6.35. The van der Waals surface area contributed by atoms with Crippen LogP contribution in [0.3, 0.4) is 0 Å². The second kappa shape index (κ2) is 8.40. The van der Waals surface area contributed by atoms with E-state index in [1.165, 1.54) is 11.1 Å². The molecule has 1 aromatic carbocycles. The molecule has 0 bridgehead atoms. The van der Waals surface area contributed by atoms with E-state index in [-0.39, 0.29) is 0 Å². The molecule has 0 fully saturated rings. The van der Waals surface area contributed by atoms with Gasteiger partial charge in [0.05, 0.1) is 7.11 Å². The Morgan fingerprint density at radius 1 is 1.10 bits per heavy atom. The van der Waals surface area contributed by atoms with Gasteiger partial charge in [-0.15, -0.1) is 0 Å². The monoisotopic (exact) mass is 292 g/mol. The first kappa shape index (κ1) is 18.0. The first-order chi connectivity index (χ1) is 9.86. The van der Waals surface area contributed by atoms with Crippen molar-refractivity contribution in [1.29, 1.82) is 0 Å². The molecular weight excluding hydrogens is 260 g/mol. The fraction of sp³-hybridized carbons (Fsp3) is 0.667. The molecular formula is C18H32N2O. The number of methoxy groups -OCH3 is 1.